The van der Waals surface area contributed by atoms with Gasteiger partial charge in [0.05, 0.1) is 97.5 Å². The number of imide groups is 2. The highest BCUT2D eigenvalue weighted by atomic mass is 16.4. The van der Waals surface area contributed by atoms with Gasteiger partial charge in [-0.2, -0.15) is 0 Å². The van der Waals surface area contributed by atoms with Crippen LogP contribution in [0, 0.1) is 23.7 Å². The van der Waals surface area contributed by atoms with Gasteiger partial charge < -0.3 is 40.4 Å². The average Bonchev–Trinajstić information content (AvgIpc) is 3.82. The standard InChI is InChI=1S/2C28H30N2O7.CH4/c2*31-14-17-11-16-9-10-29(25(33)21-7-3-4-8-22(21)28(36)37)24(23(16)12-18(17)15-32)13-30-26(34)19-5-1-2-6-20(19)27(30)35;/h2*1-2,5-6,11-12,21-22,24,31-32H,3-4,7-10,13-15H2,(H,36,37);1H4/t2*21-,22+,24-;/m10./s1. The van der Waals surface area contributed by atoms with Gasteiger partial charge in [-0.3, -0.25) is 48.2 Å². The maximum atomic E-state index is 13.9. The summed E-state index contributed by atoms with van der Waals surface area (Å²) >= 11 is 0. The third-order valence-electron chi connectivity index (χ3n) is 16.2. The molecule has 0 aromatic heterocycles. The van der Waals surface area contributed by atoms with Crippen molar-refractivity contribution in [3.05, 3.63) is 140 Å². The van der Waals surface area contributed by atoms with Gasteiger partial charge >= 0.3 is 11.9 Å². The van der Waals surface area contributed by atoms with Gasteiger partial charge in [-0.1, -0.05) is 81.6 Å². The Hall–Kier alpha value is -7.12. The number of hydrogen-bond donors (Lipinski definition) is 6. The van der Waals surface area contributed by atoms with Crippen molar-refractivity contribution in [3.63, 3.8) is 0 Å². The van der Waals surface area contributed by atoms with Gasteiger partial charge in [-0.15, -0.1) is 0 Å². The Kier molecular flexibility index (Phi) is 16.4. The van der Waals surface area contributed by atoms with E-state index in [1.165, 1.54) is 0 Å². The highest BCUT2D eigenvalue weighted by molar-refractivity contribution is 6.22. The molecule has 6 N–H and O–H groups in total. The predicted octanol–water partition coefficient (Wildman–Crippen LogP) is 5.20. The number of nitrogens with zero attached hydrogens (tertiary/aromatic N) is 4. The summed E-state index contributed by atoms with van der Waals surface area (Å²) in [6.07, 6.45) is 5.82. The second-order valence-corrected chi connectivity index (χ2v) is 20.1. The van der Waals surface area contributed by atoms with Gasteiger partial charge in [0.25, 0.3) is 23.6 Å². The molecule has 0 saturated heterocycles. The number of amides is 6. The van der Waals surface area contributed by atoms with Crippen LogP contribution >= 0.6 is 0 Å². The molecule has 396 valence electrons. The number of carbonyl (C=O) groups excluding carboxylic acids is 6. The molecule has 0 spiro atoms. The van der Waals surface area contributed by atoms with E-state index in [9.17, 15) is 69.0 Å². The second-order valence-electron chi connectivity index (χ2n) is 20.1. The molecule has 6 aliphatic rings. The summed E-state index contributed by atoms with van der Waals surface area (Å²) in [4.78, 5) is 110. The molecule has 4 heterocycles. The molecular weight excluding hydrogens is 965 g/mol. The number of carboxylic acid groups (broad SMARTS) is 2. The van der Waals surface area contributed by atoms with Crippen LogP contribution in [0.2, 0.25) is 0 Å². The molecule has 75 heavy (non-hydrogen) atoms. The summed E-state index contributed by atoms with van der Waals surface area (Å²) in [6, 6.07) is 18.9. The second kappa shape index (κ2) is 22.8. The number of carboxylic acids is 2. The van der Waals surface area contributed by atoms with Crippen molar-refractivity contribution in [2.75, 3.05) is 26.2 Å². The van der Waals surface area contributed by atoms with E-state index in [1.54, 1.807) is 82.6 Å². The Morgan fingerprint density at radius 1 is 0.453 bits per heavy atom. The highest BCUT2D eigenvalue weighted by Crippen LogP contribution is 2.41. The first-order valence-corrected chi connectivity index (χ1v) is 25.4. The number of aliphatic carboxylic acids is 2. The highest BCUT2D eigenvalue weighted by Gasteiger charge is 2.47. The van der Waals surface area contributed by atoms with Crippen LogP contribution in [0.25, 0.3) is 0 Å². The van der Waals surface area contributed by atoms with E-state index >= 15 is 0 Å². The molecule has 18 heteroatoms. The molecule has 4 aromatic carbocycles. The van der Waals surface area contributed by atoms with Crippen LogP contribution in [0.1, 0.15) is 157 Å². The Morgan fingerprint density at radius 3 is 1.04 bits per heavy atom. The zero-order chi connectivity index (χ0) is 52.5. The van der Waals surface area contributed by atoms with E-state index in [2.05, 4.69) is 0 Å². The summed E-state index contributed by atoms with van der Waals surface area (Å²) < 4.78 is 0. The van der Waals surface area contributed by atoms with Crippen molar-refractivity contribution >= 4 is 47.4 Å². The largest absolute Gasteiger partial charge is 0.481 e. The maximum absolute atomic E-state index is 13.9. The minimum atomic E-state index is -0.984. The molecular formula is C57H64N4O14. The van der Waals surface area contributed by atoms with E-state index < -0.39 is 71.3 Å². The van der Waals surface area contributed by atoms with E-state index in [1.807, 2.05) is 0 Å². The maximum Gasteiger partial charge on any atom is 0.307 e. The number of rotatable bonds is 12. The molecule has 4 aliphatic heterocycles. The molecule has 4 aromatic rings. The van der Waals surface area contributed by atoms with Crippen molar-refractivity contribution in [1.82, 2.24) is 19.6 Å². The van der Waals surface area contributed by atoms with Crippen LogP contribution in [0.5, 0.6) is 0 Å². The van der Waals surface area contributed by atoms with Gasteiger partial charge in [-0.25, -0.2) is 0 Å². The molecule has 10 rings (SSSR count). The average molecular weight is 1030 g/mol. The zero-order valence-corrected chi connectivity index (χ0v) is 40.9. The Morgan fingerprint density at radius 2 is 0.747 bits per heavy atom. The first-order valence-electron chi connectivity index (χ1n) is 25.4. The Labute approximate surface area is 434 Å². The lowest BCUT2D eigenvalue weighted by Gasteiger charge is -2.42. The third kappa shape index (κ3) is 10.1. The first-order chi connectivity index (χ1) is 35.7. The third-order valence-corrected chi connectivity index (χ3v) is 16.2. The summed E-state index contributed by atoms with van der Waals surface area (Å²) in [5, 5.41) is 59.0. The van der Waals surface area contributed by atoms with Gasteiger partial charge in [0.2, 0.25) is 11.8 Å². The fraction of sp³-hybridized carbons (Fsp3) is 0.439. The lowest BCUT2D eigenvalue weighted by atomic mass is 9.77. The molecule has 0 bridgehead atoms. The van der Waals surface area contributed by atoms with Crippen LogP contribution < -0.4 is 0 Å². The van der Waals surface area contributed by atoms with Gasteiger partial charge in [0.15, 0.2) is 0 Å². The minimum absolute atomic E-state index is 0. The smallest absolute Gasteiger partial charge is 0.307 e. The minimum Gasteiger partial charge on any atom is -0.481 e. The number of aliphatic hydroxyl groups excluding tert-OH is 4. The zero-order valence-electron chi connectivity index (χ0n) is 40.9. The lowest BCUT2D eigenvalue weighted by molar-refractivity contribution is -0.153. The monoisotopic (exact) mass is 1030 g/mol. The topological polar surface area (TPSA) is 271 Å². The fourth-order valence-electron chi connectivity index (χ4n) is 12.2. The van der Waals surface area contributed by atoms with E-state index in [0.29, 0.717) is 107 Å². The molecule has 0 radical (unpaired) electrons. The lowest BCUT2D eigenvalue weighted by Crippen LogP contribution is -2.50. The SMILES string of the molecule is C.O=C(O)[C@@H]1CCCC[C@@H]1C(=O)N1CCc2cc(CO)c(CO)cc2[C@@H]1CN1C(=O)c2ccccc2C1=O.O=C(O)[C@H]1CCCC[C@H]1C(=O)N1CCc2cc(CO)c(CO)cc2[C@H]1CN1C(=O)c2ccccc2C1=O. The molecule has 6 amide bonds. The van der Waals surface area contributed by atoms with Gasteiger partial charge in [-0.05, 0) is 107 Å². The van der Waals surface area contributed by atoms with E-state index in [-0.39, 0.29) is 58.8 Å². The summed E-state index contributed by atoms with van der Waals surface area (Å²) in [7, 11) is 0. The van der Waals surface area contributed by atoms with Gasteiger partial charge in [0, 0.05) is 13.1 Å². The molecule has 6 atom stereocenters. The number of aliphatic hydroxyl groups is 4. The normalized spacial score (nSPS) is 22.8. The van der Waals surface area contributed by atoms with Gasteiger partial charge in [0.1, 0.15) is 0 Å². The Bertz CT molecular complexity index is 2670. The molecule has 2 fully saturated rings. The van der Waals surface area contributed by atoms with E-state index in [4.69, 9.17) is 0 Å². The fourth-order valence-corrected chi connectivity index (χ4v) is 12.2. The van der Waals surface area contributed by atoms with Crippen LogP contribution in [0.4, 0.5) is 0 Å². The summed E-state index contributed by atoms with van der Waals surface area (Å²) in [5.41, 5.74) is 6.54. The molecule has 2 aliphatic carbocycles. The number of hydrogen-bond acceptors (Lipinski definition) is 12. The van der Waals surface area contributed by atoms with Crippen LogP contribution in [-0.2, 0) is 58.4 Å². The molecule has 2 saturated carbocycles. The molecule has 0 unspecified atom stereocenters. The van der Waals surface area contributed by atoms with Crippen LogP contribution in [-0.4, -0.2) is 124 Å². The predicted molar refractivity (Wildman–Crippen MR) is 269 cm³/mol. The summed E-state index contributed by atoms with van der Waals surface area (Å²) in [6.45, 7) is -0.717. The molecule has 18 nitrogen and oxygen atoms in total. The van der Waals surface area contributed by atoms with Crippen LogP contribution in [0.3, 0.4) is 0 Å². The van der Waals surface area contributed by atoms with Crippen molar-refractivity contribution < 1.29 is 69.0 Å². The van der Waals surface area contributed by atoms with Crippen molar-refractivity contribution in [3.8, 4) is 0 Å². The first kappa shape index (κ1) is 54.2. The van der Waals surface area contributed by atoms with Crippen molar-refractivity contribution in [2.24, 2.45) is 23.7 Å². The number of carbonyl (C=O) groups is 8. The van der Waals surface area contributed by atoms with Crippen LogP contribution in [0.15, 0.2) is 72.8 Å². The van der Waals surface area contributed by atoms with Crippen molar-refractivity contribution in [2.45, 2.75) is 110 Å². The number of benzene rings is 4. The number of fused-ring (bicyclic) bond motifs is 4. The summed E-state index contributed by atoms with van der Waals surface area (Å²) in [5.74, 6) is -7.16. The Balaban J connectivity index is 0.000000197. The van der Waals surface area contributed by atoms with Crippen molar-refractivity contribution in [1.29, 1.82) is 0 Å². The van der Waals surface area contributed by atoms with E-state index in [0.717, 1.165) is 46.6 Å². The quantitative estimate of drug-likeness (QED) is 0.0996.